The molecular formula is C21H27N3O6. The number of esters is 1. The molecule has 4 amide bonds. The van der Waals surface area contributed by atoms with E-state index in [4.69, 9.17) is 9.47 Å². The number of benzene rings is 1. The van der Waals surface area contributed by atoms with Crippen LogP contribution in [0.25, 0.3) is 0 Å². The number of urea groups is 1. The van der Waals surface area contributed by atoms with Crippen LogP contribution in [0.5, 0.6) is 5.75 Å². The number of imide groups is 1. The second-order valence-electron chi connectivity index (χ2n) is 7.60. The molecule has 0 spiro atoms. The van der Waals surface area contributed by atoms with Gasteiger partial charge in [0.1, 0.15) is 5.75 Å². The molecule has 162 valence electrons. The first kappa shape index (κ1) is 21.6. The predicted molar refractivity (Wildman–Crippen MR) is 108 cm³/mol. The van der Waals surface area contributed by atoms with Gasteiger partial charge in [0.05, 0.1) is 12.1 Å². The molecule has 2 N–H and O–H groups in total. The van der Waals surface area contributed by atoms with E-state index in [0.717, 1.165) is 25.7 Å². The summed E-state index contributed by atoms with van der Waals surface area (Å²) in [5.74, 6) is -0.651. The third-order valence-electron chi connectivity index (χ3n) is 5.39. The van der Waals surface area contributed by atoms with Crippen molar-refractivity contribution in [1.82, 2.24) is 10.6 Å². The molecule has 3 rings (SSSR count). The molecule has 9 heteroatoms. The number of anilines is 1. The molecule has 1 fully saturated rings. The molecule has 0 unspecified atom stereocenters. The van der Waals surface area contributed by atoms with Crippen LogP contribution in [-0.2, 0) is 19.1 Å². The maximum Gasteiger partial charge on any atom is 0.321 e. The Morgan fingerprint density at radius 2 is 1.97 bits per heavy atom. The van der Waals surface area contributed by atoms with Crippen molar-refractivity contribution in [2.75, 3.05) is 24.7 Å². The number of para-hydroxylation sites is 2. The molecule has 1 saturated carbocycles. The van der Waals surface area contributed by atoms with Gasteiger partial charge < -0.3 is 19.7 Å². The van der Waals surface area contributed by atoms with Crippen LogP contribution in [0.3, 0.4) is 0 Å². The molecule has 0 saturated heterocycles. The third-order valence-corrected chi connectivity index (χ3v) is 5.39. The van der Waals surface area contributed by atoms with Gasteiger partial charge in [0.15, 0.2) is 13.2 Å². The van der Waals surface area contributed by atoms with Crippen molar-refractivity contribution in [3.63, 3.8) is 0 Å². The highest BCUT2D eigenvalue weighted by Gasteiger charge is 2.26. The van der Waals surface area contributed by atoms with Crippen LogP contribution in [0.4, 0.5) is 10.5 Å². The van der Waals surface area contributed by atoms with Gasteiger partial charge in [0.2, 0.25) is 0 Å². The average molecular weight is 417 g/mol. The van der Waals surface area contributed by atoms with Crippen molar-refractivity contribution in [3.8, 4) is 5.75 Å². The van der Waals surface area contributed by atoms with E-state index in [-0.39, 0.29) is 31.5 Å². The maximum atomic E-state index is 12.1. The lowest BCUT2D eigenvalue weighted by molar-refractivity contribution is -0.148. The van der Waals surface area contributed by atoms with Gasteiger partial charge >= 0.3 is 12.0 Å². The van der Waals surface area contributed by atoms with Crippen molar-refractivity contribution in [3.05, 3.63) is 24.3 Å². The summed E-state index contributed by atoms with van der Waals surface area (Å²) in [6.07, 6.45) is 4.06. The van der Waals surface area contributed by atoms with Crippen LogP contribution in [-0.4, -0.2) is 49.6 Å². The highest BCUT2D eigenvalue weighted by Crippen LogP contribution is 2.31. The Balaban J connectivity index is 1.39. The first-order chi connectivity index (χ1) is 14.4. The number of hydrogen-bond donors (Lipinski definition) is 2. The average Bonchev–Trinajstić information content (AvgIpc) is 2.73. The van der Waals surface area contributed by atoms with E-state index in [1.54, 1.807) is 24.3 Å². The number of ether oxygens (including phenoxy) is 2. The molecule has 2 aliphatic rings. The normalized spacial score (nSPS) is 20.6. The summed E-state index contributed by atoms with van der Waals surface area (Å²) < 4.78 is 10.3. The van der Waals surface area contributed by atoms with Gasteiger partial charge in [-0.05, 0) is 30.9 Å². The summed E-state index contributed by atoms with van der Waals surface area (Å²) >= 11 is 0. The molecule has 0 radical (unpaired) electrons. The van der Waals surface area contributed by atoms with Crippen LogP contribution in [0.1, 0.15) is 39.0 Å². The van der Waals surface area contributed by atoms with E-state index in [1.807, 2.05) is 0 Å². The van der Waals surface area contributed by atoms with E-state index in [9.17, 15) is 19.2 Å². The van der Waals surface area contributed by atoms with E-state index in [1.165, 1.54) is 4.90 Å². The van der Waals surface area contributed by atoms with Gasteiger partial charge in [-0.3, -0.25) is 19.7 Å². The van der Waals surface area contributed by atoms with Gasteiger partial charge in [-0.25, -0.2) is 4.79 Å². The molecule has 2 atom stereocenters. The van der Waals surface area contributed by atoms with Crippen molar-refractivity contribution >= 4 is 29.5 Å². The quantitative estimate of drug-likeness (QED) is 0.682. The Morgan fingerprint density at radius 3 is 2.77 bits per heavy atom. The molecule has 1 aromatic rings. The fraction of sp³-hybridized carbons (Fsp3) is 0.524. The predicted octanol–water partition coefficient (Wildman–Crippen LogP) is 1.75. The van der Waals surface area contributed by atoms with Gasteiger partial charge in [-0.2, -0.15) is 0 Å². The summed E-state index contributed by atoms with van der Waals surface area (Å²) in [5, 5.41) is 4.98. The van der Waals surface area contributed by atoms with Gasteiger partial charge in [-0.15, -0.1) is 0 Å². The number of carbonyl (C=O) groups is 4. The maximum absolute atomic E-state index is 12.1. The molecule has 1 heterocycles. The first-order valence-electron chi connectivity index (χ1n) is 10.2. The zero-order valence-corrected chi connectivity index (χ0v) is 17.0. The molecule has 1 aromatic carbocycles. The summed E-state index contributed by atoms with van der Waals surface area (Å²) in [6, 6.07) is 6.52. The number of amides is 4. The van der Waals surface area contributed by atoms with Crippen LogP contribution in [0, 0.1) is 5.92 Å². The second kappa shape index (κ2) is 10.1. The van der Waals surface area contributed by atoms with E-state index in [2.05, 4.69) is 17.6 Å². The lowest BCUT2D eigenvalue weighted by atomic mass is 9.86. The van der Waals surface area contributed by atoms with Crippen LogP contribution >= 0.6 is 0 Å². The fourth-order valence-electron chi connectivity index (χ4n) is 3.72. The van der Waals surface area contributed by atoms with Crippen LogP contribution < -0.4 is 20.3 Å². The molecule has 9 nitrogen and oxygen atoms in total. The van der Waals surface area contributed by atoms with Crippen molar-refractivity contribution < 1.29 is 28.7 Å². The largest absolute Gasteiger partial charge is 0.482 e. The van der Waals surface area contributed by atoms with Crippen molar-refractivity contribution in [2.45, 2.75) is 45.1 Å². The van der Waals surface area contributed by atoms with Gasteiger partial charge in [-0.1, -0.05) is 31.9 Å². The van der Waals surface area contributed by atoms with Gasteiger partial charge in [0, 0.05) is 12.6 Å². The fourth-order valence-corrected chi connectivity index (χ4v) is 3.72. The molecule has 1 aliphatic carbocycles. The highest BCUT2D eigenvalue weighted by atomic mass is 16.5. The monoisotopic (exact) mass is 417 g/mol. The Kier molecular flexibility index (Phi) is 7.26. The summed E-state index contributed by atoms with van der Waals surface area (Å²) in [4.78, 5) is 49.4. The summed E-state index contributed by atoms with van der Waals surface area (Å²) in [7, 11) is 0. The molecular weight excluding hydrogens is 390 g/mol. The number of nitrogens with zero attached hydrogens (tertiary/aromatic N) is 1. The zero-order chi connectivity index (χ0) is 21.5. The summed E-state index contributed by atoms with van der Waals surface area (Å²) in [5.41, 5.74) is 0.591. The number of fused-ring (bicyclic) bond motifs is 1. The van der Waals surface area contributed by atoms with Gasteiger partial charge in [0.25, 0.3) is 11.8 Å². The first-order valence-corrected chi connectivity index (χ1v) is 10.2. The molecule has 0 aromatic heterocycles. The van der Waals surface area contributed by atoms with Crippen LogP contribution in [0.2, 0.25) is 0 Å². The number of hydrogen-bond acceptors (Lipinski definition) is 6. The van der Waals surface area contributed by atoms with Crippen molar-refractivity contribution in [1.29, 1.82) is 0 Å². The Bertz CT molecular complexity index is 812. The van der Waals surface area contributed by atoms with Crippen molar-refractivity contribution in [2.24, 2.45) is 5.92 Å². The molecule has 1 aliphatic heterocycles. The summed E-state index contributed by atoms with van der Waals surface area (Å²) in [6.45, 7) is 1.54. The minimum atomic E-state index is -0.697. The van der Waals surface area contributed by atoms with Crippen LogP contribution in [0.15, 0.2) is 24.3 Å². The molecule has 0 bridgehead atoms. The Labute approximate surface area is 175 Å². The topological polar surface area (TPSA) is 114 Å². The molecule has 30 heavy (non-hydrogen) atoms. The Hall–Kier alpha value is -3.10. The highest BCUT2D eigenvalue weighted by molar-refractivity contribution is 5.98. The van der Waals surface area contributed by atoms with E-state index < -0.39 is 24.5 Å². The number of rotatable bonds is 6. The minimum Gasteiger partial charge on any atom is -0.482 e. The zero-order valence-electron chi connectivity index (χ0n) is 17.0. The lowest BCUT2D eigenvalue weighted by Gasteiger charge is -2.29. The van der Waals surface area contributed by atoms with E-state index >= 15 is 0 Å². The Morgan fingerprint density at radius 1 is 1.20 bits per heavy atom. The second-order valence-corrected chi connectivity index (χ2v) is 7.60. The number of nitrogens with one attached hydrogen (secondary N) is 2. The standard InChI is InChI=1S/C21H27N3O6/c1-14-6-2-3-7-15(14)22-21(28)23-18(25)12-30-20(27)10-11-24-16-8-4-5-9-17(16)29-13-19(24)26/h4-5,8-9,14-15H,2-3,6-7,10-13H2,1H3,(H2,22,23,25,28)/t14-,15+/m0/s1. The third kappa shape index (κ3) is 5.71. The minimum absolute atomic E-state index is 0.0445. The smallest absolute Gasteiger partial charge is 0.321 e. The lowest BCUT2D eigenvalue weighted by Crippen LogP contribution is -2.48. The van der Waals surface area contributed by atoms with E-state index in [0.29, 0.717) is 17.4 Å². The SMILES string of the molecule is C[C@H]1CCCC[C@H]1NC(=O)NC(=O)COC(=O)CCN1C(=O)COc2ccccc21. The number of carbonyl (C=O) groups excluding carboxylic acids is 4.